The second-order valence-electron chi connectivity index (χ2n) is 5.65. The van der Waals surface area contributed by atoms with Crippen molar-refractivity contribution in [2.24, 2.45) is 0 Å². The fraction of sp³-hybridized carbons (Fsp3) is 0.375. The standard InChI is InChI=1S/C16H17ClFN3O2/c1-9-6-11(21-20-9)8-15(22)19-14-4-5-23-16(14)10-2-3-12(17)13(18)7-10/h2-3,6-7,14,16H,4-5,8H2,1H3,(H,19,22)(H,20,21). The molecule has 2 atom stereocenters. The van der Waals surface area contributed by atoms with E-state index in [0.717, 1.165) is 5.69 Å². The number of aromatic amines is 1. The number of amides is 1. The first-order valence-corrected chi connectivity index (χ1v) is 7.77. The van der Waals surface area contributed by atoms with Gasteiger partial charge in [-0.15, -0.1) is 0 Å². The van der Waals surface area contributed by atoms with E-state index in [1.807, 2.05) is 13.0 Å². The maximum Gasteiger partial charge on any atom is 0.226 e. The lowest BCUT2D eigenvalue weighted by molar-refractivity contribution is -0.121. The summed E-state index contributed by atoms with van der Waals surface area (Å²) in [6, 6.07) is 6.21. The Labute approximate surface area is 138 Å². The summed E-state index contributed by atoms with van der Waals surface area (Å²) in [5, 5.41) is 9.87. The van der Waals surface area contributed by atoms with Gasteiger partial charge >= 0.3 is 0 Å². The molecule has 1 amide bonds. The minimum absolute atomic E-state index is 0.0706. The van der Waals surface area contributed by atoms with Gasteiger partial charge in [-0.2, -0.15) is 5.10 Å². The highest BCUT2D eigenvalue weighted by molar-refractivity contribution is 6.30. The number of H-pyrrole nitrogens is 1. The second-order valence-corrected chi connectivity index (χ2v) is 6.05. The molecule has 1 aromatic carbocycles. The molecule has 1 saturated heterocycles. The van der Waals surface area contributed by atoms with E-state index in [1.165, 1.54) is 12.1 Å². The number of nitrogens with zero attached hydrogens (tertiary/aromatic N) is 1. The van der Waals surface area contributed by atoms with E-state index in [1.54, 1.807) is 6.07 Å². The number of hydrogen-bond donors (Lipinski definition) is 2. The van der Waals surface area contributed by atoms with Crippen LogP contribution in [0.3, 0.4) is 0 Å². The molecule has 0 radical (unpaired) electrons. The van der Waals surface area contributed by atoms with E-state index < -0.39 is 5.82 Å². The molecule has 2 N–H and O–H groups in total. The minimum atomic E-state index is -0.489. The maximum absolute atomic E-state index is 13.6. The van der Waals surface area contributed by atoms with Crippen molar-refractivity contribution in [1.82, 2.24) is 15.5 Å². The molecular weight excluding hydrogens is 321 g/mol. The summed E-state index contributed by atoms with van der Waals surface area (Å²) in [5.41, 5.74) is 2.27. The highest BCUT2D eigenvalue weighted by Crippen LogP contribution is 2.31. The van der Waals surface area contributed by atoms with Crippen LogP contribution >= 0.6 is 11.6 Å². The Morgan fingerprint density at radius 2 is 2.35 bits per heavy atom. The van der Waals surface area contributed by atoms with Crippen molar-refractivity contribution < 1.29 is 13.9 Å². The molecule has 3 rings (SSSR count). The van der Waals surface area contributed by atoms with Gasteiger partial charge in [0.25, 0.3) is 0 Å². The van der Waals surface area contributed by atoms with Crippen LogP contribution in [-0.2, 0) is 16.0 Å². The lowest BCUT2D eigenvalue weighted by Gasteiger charge is -2.20. The van der Waals surface area contributed by atoms with Crippen LogP contribution in [0.4, 0.5) is 4.39 Å². The molecule has 2 heterocycles. The van der Waals surface area contributed by atoms with Crippen LogP contribution < -0.4 is 5.32 Å². The lowest BCUT2D eigenvalue weighted by atomic mass is 10.0. The normalized spacial score (nSPS) is 20.7. The van der Waals surface area contributed by atoms with Gasteiger partial charge in [0.05, 0.1) is 23.2 Å². The first-order chi connectivity index (χ1) is 11.0. The number of aryl methyl sites for hydroxylation is 1. The van der Waals surface area contributed by atoms with Crippen molar-refractivity contribution in [1.29, 1.82) is 0 Å². The molecule has 2 unspecified atom stereocenters. The largest absolute Gasteiger partial charge is 0.371 e. The molecule has 1 aliphatic heterocycles. The van der Waals surface area contributed by atoms with Crippen LogP contribution in [0.25, 0.3) is 0 Å². The molecule has 1 aliphatic rings. The number of rotatable bonds is 4. The zero-order valence-electron chi connectivity index (χ0n) is 12.6. The maximum atomic E-state index is 13.6. The molecule has 0 saturated carbocycles. The molecule has 0 spiro atoms. The zero-order chi connectivity index (χ0) is 16.4. The second kappa shape index (κ2) is 6.68. The number of carbonyl (C=O) groups excluding carboxylic acids is 1. The summed E-state index contributed by atoms with van der Waals surface area (Å²) in [4.78, 5) is 12.2. The van der Waals surface area contributed by atoms with Gasteiger partial charge in [-0.25, -0.2) is 4.39 Å². The Bertz CT molecular complexity index is 719. The van der Waals surface area contributed by atoms with Crippen LogP contribution in [0.5, 0.6) is 0 Å². The van der Waals surface area contributed by atoms with Crippen LogP contribution in [0.2, 0.25) is 5.02 Å². The third-order valence-corrected chi connectivity index (χ3v) is 4.12. The van der Waals surface area contributed by atoms with Gasteiger partial charge in [-0.1, -0.05) is 17.7 Å². The van der Waals surface area contributed by atoms with Gasteiger partial charge in [0.15, 0.2) is 0 Å². The van der Waals surface area contributed by atoms with Crippen molar-refractivity contribution in [2.75, 3.05) is 6.61 Å². The number of hydrogen-bond acceptors (Lipinski definition) is 3. The van der Waals surface area contributed by atoms with E-state index in [4.69, 9.17) is 16.3 Å². The van der Waals surface area contributed by atoms with E-state index in [9.17, 15) is 9.18 Å². The fourth-order valence-electron chi connectivity index (χ4n) is 2.74. The third-order valence-electron chi connectivity index (χ3n) is 3.81. The van der Waals surface area contributed by atoms with Crippen molar-refractivity contribution >= 4 is 17.5 Å². The number of carbonyl (C=O) groups is 1. The Kier molecular flexibility index (Phi) is 4.63. The van der Waals surface area contributed by atoms with Gasteiger partial charge in [-0.05, 0) is 37.1 Å². The smallest absolute Gasteiger partial charge is 0.226 e. The molecule has 23 heavy (non-hydrogen) atoms. The van der Waals surface area contributed by atoms with E-state index in [2.05, 4.69) is 15.5 Å². The molecule has 1 aromatic heterocycles. The number of nitrogens with one attached hydrogen (secondary N) is 2. The van der Waals surface area contributed by atoms with Gasteiger partial charge in [0, 0.05) is 12.3 Å². The molecular formula is C16H17ClFN3O2. The van der Waals surface area contributed by atoms with Crippen LogP contribution in [0.1, 0.15) is 29.5 Å². The average molecular weight is 338 g/mol. The van der Waals surface area contributed by atoms with E-state index in [-0.39, 0.29) is 29.5 Å². The quantitative estimate of drug-likeness (QED) is 0.901. The fourth-order valence-corrected chi connectivity index (χ4v) is 2.86. The predicted molar refractivity (Wildman–Crippen MR) is 83.7 cm³/mol. The van der Waals surface area contributed by atoms with Crippen molar-refractivity contribution in [3.8, 4) is 0 Å². The average Bonchev–Trinajstić information content (AvgIpc) is 3.11. The Morgan fingerprint density at radius 1 is 1.52 bits per heavy atom. The molecule has 7 heteroatoms. The van der Waals surface area contributed by atoms with Crippen LogP contribution in [0.15, 0.2) is 24.3 Å². The topological polar surface area (TPSA) is 67.0 Å². The van der Waals surface area contributed by atoms with E-state index in [0.29, 0.717) is 24.3 Å². The van der Waals surface area contributed by atoms with Gasteiger partial charge in [0.2, 0.25) is 5.91 Å². The molecule has 122 valence electrons. The monoisotopic (exact) mass is 337 g/mol. The molecule has 1 fully saturated rings. The number of halogens is 2. The SMILES string of the molecule is Cc1cc(CC(=O)NC2CCOC2c2ccc(Cl)c(F)c2)n[nH]1. The summed E-state index contributed by atoms with van der Waals surface area (Å²) < 4.78 is 19.3. The van der Waals surface area contributed by atoms with E-state index >= 15 is 0 Å². The van der Waals surface area contributed by atoms with Crippen molar-refractivity contribution in [2.45, 2.75) is 31.9 Å². The lowest BCUT2D eigenvalue weighted by Crippen LogP contribution is -2.37. The third kappa shape index (κ3) is 3.71. The predicted octanol–water partition coefficient (Wildman–Crippen LogP) is 2.70. The van der Waals surface area contributed by atoms with Crippen LogP contribution in [-0.4, -0.2) is 28.8 Å². The zero-order valence-corrected chi connectivity index (χ0v) is 13.4. The van der Waals surface area contributed by atoms with Gasteiger partial charge in [-0.3, -0.25) is 9.89 Å². The molecule has 0 bridgehead atoms. The Balaban J connectivity index is 1.66. The highest BCUT2D eigenvalue weighted by Gasteiger charge is 2.31. The van der Waals surface area contributed by atoms with Gasteiger partial charge in [0.1, 0.15) is 11.9 Å². The van der Waals surface area contributed by atoms with Crippen molar-refractivity contribution in [3.63, 3.8) is 0 Å². The van der Waals surface area contributed by atoms with Crippen LogP contribution in [0, 0.1) is 12.7 Å². The first kappa shape index (κ1) is 16.0. The Morgan fingerprint density at radius 3 is 3.04 bits per heavy atom. The highest BCUT2D eigenvalue weighted by atomic mass is 35.5. The summed E-state index contributed by atoms with van der Waals surface area (Å²) in [7, 11) is 0. The molecule has 5 nitrogen and oxygen atoms in total. The molecule has 2 aromatic rings. The van der Waals surface area contributed by atoms with Gasteiger partial charge < -0.3 is 10.1 Å². The summed E-state index contributed by atoms with van der Waals surface area (Å²) in [6.45, 7) is 2.39. The van der Waals surface area contributed by atoms with Crippen molar-refractivity contribution in [3.05, 3.63) is 52.1 Å². The first-order valence-electron chi connectivity index (χ1n) is 7.40. The summed E-state index contributed by atoms with van der Waals surface area (Å²) in [5.74, 6) is -0.622. The number of aromatic nitrogens is 2. The summed E-state index contributed by atoms with van der Waals surface area (Å²) in [6.07, 6.45) is 0.509. The molecule has 0 aliphatic carbocycles. The Hall–Kier alpha value is -1.92. The summed E-state index contributed by atoms with van der Waals surface area (Å²) >= 11 is 5.70. The minimum Gasteiger partial charge on any atom is -0.371 e. The number of benzene rings is 1. The number of ether oxygens (including phenoxy) is 1.